The van der Waals surface area contributed by atoms with Crippen LogP contribution in [0.25, 0.3) is 10.9 Å². The quantitative estimate of drug-likeness (QED) is 0.492. The summed E-state index contributed by atoms with van der Waals surface area (Å²) >= 11 is 0. The van der Waals surface area contributed by atoms with Crippen molar-refractivity contribution >= 4 is 32.6 Å². The van der Waals surface area contributed by atoms with Crippen molar-refractivity contribution in [1.29, 1.82) is 0 Å². The van der Waals surface area contributed by atoms with E-state index in [1.165, 1.54) is 28.0 Å². The number of Topliss-reactive ketones (excluding diaryl/α,β-unsaturated/α-hetero) is 1. The molecule has 0 N–H and O–H groups in total. The fourth-order valence-electron chi connectivity index (χ4n) is 3.73. The summed E-state index contributed by atoms with van der Waals surface area (Å²) in [6, 6.07) is 12.8. The number of rotatable bonds is 6. The molecule has 1 saturated heterocycles. The molecule has 1 fully saturated rings. The Balaban J connectivity index is 1.37. The first kappa shape index (κ1) is 22.7. The second-order valence-electron chi connectivity index (χ2n) is 7.75. The van der Waals surface area contributed by atoms with E-state index in [-0.39, 0.29) is 61.3 Å². The van der Waals surface area contributed by atoms with Crippen LogP contribution in [0, 0.1) is 0 Å². The van der Waals surface area contributed by atoms with E-state index in [4.69, 9.17) is 0 Å². The molecule has 172 valence electrons. The van der Waals surface area contributed by atoms with E-state index in [1.807, 2.05) is 0 Å². The highest BCUT2D eigenvalue weighted by molar-refractivity contribution is 7.89. The summed E-state index contributed by atoms with van der Waals surface area (Å²) in [7, 11) is -3.77. The third-order valence-electron chi connectivity index (χ3n) is 5.64. The van der Waals surface area contributed by atoms with Gasteiger partial charge in [0.2, 0.25) is 15.9 Å². The van der Waals surface area contributed by atoms with Crippen molar-refractivity contribution in [3.8, 4) is 0 Å². The number of sulfonamides is 1. The molecule has 2 aromatic carbocycles. The number of aryl methyl sites for hydroxylation is 1. The standard InChI is InChI=1S/C22H23N5O5S/c1-16(28)17-5-4-6-18(15-17)33(31,32)26-13-11-25(12-14-26)21(29)9-10-27-22(30)19-7-2-3-8-20(19)23-24-27/h2-8,15H,9-14H2,1H3. The Morgan fingerprint density at radius 2 is 1.73 bits per heavy atom. The Bertz CT molecular complexity index is 1380. The van der Waals surface area contributed by atoms with E-state index in [9.17, 15) is 22.8 Å². The van der Waals surface area contributed by atoms with Gasteiger partial charge in [0.15, 0.2) is 5.78 Å². The topological polar surface area (TPSA) is 123 Å². The zero-order valence-corrected chi connectivity index (χ0v) is 18.9. The third-order valence-corrected chi connectivity index (χ3v) is 7.53. The Labute approximate surface area is 190 Å². The average molecular weight is 470 g/mol. The molecule has 0 spiro atoms. The molecular weight excluding hydrogens is 446 g/mol. The van der Waals surface area contributed by atoms with Crippen LogP contribution in [0.15, 0.2) is 58.2 Å². The summed E-state index contributed by atoms with van der Waals surface area (Å²) < 4.78 is 28.4. The Morgan fingerprint density at radius 3 is 2.45 bits per heavy atom. The van der Waals surface area contributed by atoms with Gasteiger partial charge in [-0.25, -0.2) is 13.1 Å². The summed E-state index contributed by atoms with van der Waals surface area (Å²) in [6.45, 7) is 2.24. The maximum atomic E-state index is 13.0. The largest absolute Gasteiger partial charge is 0.340 e. The van der Waals surface area contributed by atoms with Crippen LogP contribution in [-0.2, 0) is 21.4 Å². The molecule has 1 aliphatic heterocycles. The first-order chi connectivity index (χ1) is 15.8. The Morgan fingerprint density at radius 1 is 1.00 bits per heavy atom. The number of aromatic nitrogens is 3. The normalized spacial score (nSPS) is 15.0. The van der Waals surface area contributed by atoms with E-state index in [0.717, 1.165) is 0 Å². The van der Waals surface area contributed by atoms with Gasteiger partial charge in [-0.15, -0.1) is 5.10 Å². The van der Waals surface area contributed by atoms with Crippen molar-refractivity contribution in [2.75, 3.05) is 26.2 Å². The summed E-state index contributed by atoms with van der Waals surface area (Å²) in [6.07, 6.45) is 0.0559. The first-order valence-corrected chi connectivity index (χ1v) is 11.9. The van der Waals surface area contributed by atoms with Crippen LogP contribution in [0.1, 0.15) is 23.7 Å². The summed E-state index contributed by atoms with van der Waals surface area (Å²) in [5.41, 5.74) is 0.519. The van der Waals surface area contributed by atoms with Gasteiger partial charge in [0.1, 0.15) is 5.52 Å². The maximum absolute atomic E-state index is 13.0. The maximum Gasteiger partial charge on any atom is 0.277 e. The van der Waals surface area contributed by atoms with Crippen LogP contribution < -0.4 is 5.56 Å². The van der Waals surface area contributed by atoms with Crippen molar-refractivity contribution in [1.82, 2.24) is 24.2 Å². The van der Waals surface area contributed by atoms with Crippen LogP contribution in [-0.4, -0.2) is 70.5 Å². The fraction of sp³-hybridized carbons (Fsp3) is 0.318. The SMILES string of the molecule is CC(=O)c1cccc(S(=O)(=O)N2CCN(C(=O)CCn3nnc4ccccc4c3=O)CC2)c1. The lowest BCUT2D eigenvalue weighted by Crippen LogP contribution is -2.50. The van der Waals surface area contributed by atoms with E-state index in [0.29, 0.717) is 16.5 Å². The van der Waals surface area contributed by atoms with Crippen LogP contribution in [0.2, 0.25) is 0 Å². The highest BCUT2D eigenvalue weighted by Crippen LogP contribution is 2.19. The number of carbonyl (C=O) groups excluding carboxylic acids is 2. The molecule has 3 aromatic rings. The molecule has 1 aromatic heterocycles. The molecule has 1 amide bonds. The number of carbonyl (C=O) groups is 2. The smallest absolute Gasteiger partial charge is 0.277 e. The van der Waals surface area contributed by atoms with Crippen LogP contribution in [0.5, 0.6) is 0 Å². The van der Waals surface area contributed by atoms with Gasteiger partial charge >= 0.3 is 0 Å². The minimum absolute atomic E-state index is 0.0559. The van der Waals surface area contributed by atoms with Gasteiger partial charge in [0, 0.05) is 38.2 Å². The number of fused-ring (bicyclic) bond motifs is 1. The summed E-state index contributed by atoms with van der Waals surface area (Å²) in [5, 5.41) is 8.34. The van der Waals surface area contributed by atoms with Gasteiger partial charge in [0.25, 0.3) is 5.56 Å². The minimum atomic E-state index is -3.77. The molecule has 4 rings (SSSR count). The van der Waals surface area contributed by atoms with Crippen LogP contribution in [0.3, 0.4) is 0 Å². The van der Waals surface area contributed by atoms with Crippen molar-refractivity contribution in [2.24, 2.45) is 0 Å². The molecule has 1 aliphatic rings. The molecule has 33 heavy (non-hydrogen) atoms. The molecule has 0 bridgehead atoms. The van der Waals surface area contributed by atoms with Gasteiger partial charge in [-0.2, -0.15) is 4.31 Å². The summed E-state index contributed by atoms with van der Waals surface area (Å²) in [4.78, 5) is 38.4. The van der Waals surface area contributed by atoms with Crippen LogP contribution >= 0.6 is 0 Å². The number of nitrogens with zero attached hydrogens (tertiary/aromatic N) is 5. The van der Waals surface area contributed by atoms with Gasteiger partial charge in [-0.05, 0) is 31.2 Å². The zero-order chi connectivity index (χ0) is 23.6. The van der Waals surface area contributed by atoms with Crippen molar-refractivity contribution in [3.05, 3.63) is 64.4 Å². The van der Waals surface area contributed by atoms with Gasteiger partial charge in [-0.1, -0.05) is 29.5 Å². The molecule has 0 saturated carbocycles. The first-order valence-electron chi connectivity index (χ1n) is 10.5. The molecule has 2 heterocycles. The van der Waals surface area contributed by atoms with Gasteiger partial charge in [-0.3, -0.25) is 14.4 Å². The van der Waals surface area contributed by atoms with Crippen molar-refractivity contribution in [2.45, 2.75) is 24.8 Å². The predicted octanol–water partition coefficient (Wildman–Crippen LogP) is 0.917. The van der Waals surface area contributed by atoms with E-state index in [1.54, 1.807) is 41.3 Å². The van der Waals surface area contributed by atoms with Crippen molar-refractivity contribution in [3.63, 3.8) is 0 Å². The molecule has 10 nitrogen and oxygen atoms in total. The number of hydrogen-bond donors (Lipinski definition) is 0. The Hall–Kier alpha value is -3.44. The lowest BCUT2D eigenvalue weighted by molar-refractivity contribution is -0.132. The highest BCUT2D eigenvalue weighted by Gasteiger charge is 2.30. The monoisotopic (exact) mass is 469 g/mol. The second-order valence-corrected chi connectivity index (χ2v) is 9.69. The van der Waals surface area contributed by atoms with E-state index >= 15 is 0 Å². The lowest BCUT2D eigenvalue weighted by atomic mass is 10.2. The molecule has 0 radical (unpaired) electrons. The number of piperazine rings is 1. The number of benzene rings is 2. The number of hydrogen-bond acceptors (Lipinski definition) is 7. The molecule has 0 aliphatic carbocycles. The molecule has 0 atom stereocenters. The Kier molecular flexibility index (Phi) is 6.34. The predicted molar refractivity (Wildman–Crippen MR) is 120 cm³/mol. The van der Waals surface area contributed by atoms with Crippen LogP contribution in [0.4, 0.5) is 0 Å². The second kappa shape index (κ2) is 9.20. The highest BCUT2D eigenvalue weighted by atomic mass is 32.2. The van der Waals surface area contributed by atoms with Crippen molar-refractivity contribution < 1.29 is 18.0 Å². The lowest BCUT2D eigenvalue weighted by Gasteiger charge is -2.34. The van der Waals surface area contributed by atoms with Gasteiger partial charge in [0.05, 0.1) is 16.8 Å². The molecule has 0 unspecified atom stereocenters. The molecule has 11 heteroatoms. The van der Waals surface area contributed by atoms with Gasteiger partial charge < -0.3 is 4.90 Å². The fourth-order valence-corrected chi connectivity index (χ4v) is 5.20. The average Bonchev–Trinajstić information content (AvgIpc) is 2.83. The summed E-state index contributed by atoms with van der Waals surface area (Å²) in [5.74, 6) is -0.398. The third kappa shape index (κ3) is 4.69. The zero-order valence-electron chi connectivity index (χ0n) is 18.0. The van der Waals surface area contributed by atoms with E-state index < -0.39 is 10.0 Å². The molecular formula is C22H23N5O5S. The number of ketones is 1. The van der Waals surface area contributed by atoms with E-state index in [2.05, 4.69) is 10.3 Å². The number of amides is 1. The minimum Gasteiger partial charge on any atom is -0.340 e.